The van der Waals surface area contributed by atoms with Crippen LogP contribution in [0.15, 0.2) is 0 Å². The van der Waals surface area contributed by atoms with Crippen LogP contribution in [-0.4, -0.2) is 31.1 Å². The number of carbonyl (C=O) groups excluding carboxylic acids is 1. The van der Waals surface area contributed by atoms with E-state index in [0.717, 1.165) is 13.0 Å². The highest BCUT2D eigenvalue weighted by Gasteiger charge is 2.29. The predicted molar refractivity (Wildman–Crippen MR) is 55.2 cm³/mol. The zero-order chi connectivity index (χ0) is 11.5. The van der Waals surface area contributed by atoms with E-state index in [1.54, 1.807) is 20.8 Å². The molecule has 0 bridgehead atoms. The third-order valence-corrected chi connectivity index (χ3v) is 2.22. The number of hydrogen-bond donors (Lipinski definition) is 2. The van der Waals surface area contributed by atoms with E-state index in [1.807, 2.05) is 0 Å². The van der Waals surface area contributed by atoms with Gasteiger partial charge < -0.3 is 10.1 Å². The van der Waals surface area contributed by atoms with Crippen molar-refractivity contribution in [1.29, 1.82) is 0 Å². The van der Waals surface area contributed by atoms with Gasteiger partial charge in [0.15, 0.2) is 0 Å². The third-order valence-electron chi connectivity index (χ3n) is 2.22. The van der Waals surface area contributed by atoms with Crippen LogP contribution in [0.5, 0.6) is 0 Å². The summed E-state index contributed by atoms with van der Waals surface area (Å²) in [5.74, 6) is -0.141. The van der Waals surface area contributed by atoms with Gasteiger partial charge in [-0.1, -0.05) is 0 Å². The number of hydrogen-bond acceptors (Lipinski definition) is 3. The molecular formula is C10H19FN2O2. The molecule has 1 heterocycles. The Hall–Kier alpha value is -0.840. The largest absolute Gasteiger partial charge is 0.444 e. The molecule has 0 aromatic rings. The lowest BCUT2D eigenvalue weighted by atomic mass is 10.1. The summed E-state index contributed by atoms with van der Waals surface area (Å²) in [6.07, 6.45) is -0.0538. The van der Waals surface area contributed by atoms with Gasteiger partial charge in [-0.3, -0.25) is 9.71 Å². The maximum absolute atomic E-state index is 12.5. The SMILES string of the molecule is CC(C)(C)OC(=O)N[C@@H]1NCC[C@H]1CF. The van der Waals surface area contributed by atoms with Gasteiger partial charge in [0, 0.05) is 5.92 Å². The Morgan fingerprint density at radius 1 is 1.60 bits per heavy atom. The van der Waals surface area contributed by atoms with Crippen LogP contribution in [0.25, 0.3) is 0 Å². The lowest BCUT2D eigenvalue weighted by Gasteiger charge is -2.23. The Bertz CT molecular complexity index is 228. The molecule has 0 aromatic heterocycles. The van der Waals surface area contributed by atoms with E-state index >= 15 is 0 Å². The topological polar surface area (TPSA) is 50.4 Å². The van der Waals surface area contributed by atoms with Crippen LogP contribution in [0.1, 0.15) is 27.2 Å². The number of nitrogens with one attached hydrogen (secondary N) is 2. The molecule has 0 unspecified atom stereocenters. The van der Waals surface area contributed by atoms with Crippen molar-refractivity contribution in [1.82, 2.24) is 10.6 Å². The molecule has 88 valence electrons. The number of carbonyl (C=O) groups is 1. The van der Waals surface area contributed by atoms with E-state index in [2.05, 4.69) is 10.6 Å². The smallest absolute Gasteiger partial charge is 0.408 e. The fourth-order valence-corrected chi connectivity index (χ4v) is 1.53. The van der Waals surface area contributed by atoms with Crippen molar-refractivity contribution in [2.75, 3.05) is 13.2 Å². The van der Waals surface area contributed by atoms with E-state index in [0.29, 0.717) is 0 Å². The molecule has 1 fully saturated rings. The van der Waals surface area contributed by atoms with Crippen LogP contribution in [0.3, 0.4) is 0 Å². The van der Waals surface area contributed by atoms with Gasteiger partial charge in [0.1, 0.15) is 5.60 Å². The van der Waals surface area contributed by atoms with Gasteiger partial charge in [0.25, 0.3) is 0 Å². The number of alkyl halides is 1. The van der Waals surface area contributed by atoms with E-state index < -0.39 is 18.4 Å². The average Bonchev–Trinajstić information content (AvgIpc) is 2.48. The van der Waals surface area contributed by atoms with Crippen molar-refractivity contribution in [3.63, 3.8) is 0 Å². The van der Waals surface area contributed by atoms with Gasteiger partial charge in [0.2, 0.25) is 0 Å². The Balaban J connectivity index is 2.37. The second kappa shape index (κ2) is 4.79. The minimum absolute atomic E-state index is 0.141. The quantitative estimate of drug-likeness (QED) is 0.737. The second-order valence-corrected chi connectivity index (χ2v) is 4.78. The predicted octanol–water partition coefficient (Wildman–Crippen LogP) is 1.42. The molecule has 1 aliphatic rings. The Kier molecular flexibility index (Phi) is 3.90. The minimum atomic E-state index is -0.520. The summed E-state index contributed by atoms with van der Waals surface area (Å²) in [4.78, 5) is 11.4. The van der Waals surface area contributed by atoms with E-state index in [9.17, 15) is 9.18 Å². The van der Waals surface area contributed by atoms with Crippen LogP contribution < -0.4 is 10.6 Å². The molecule has 0 spiro atoms. The summed E-state index contributed by atoms with van der Waals surface area (Å²) < 4.78 is 17.6. The summed E-state index contributed by atoms with van der Waals surface area (Å²) in [7, 11) is 0. The molecule has 5 heteroatoms. The van der Waals surface area contributed by atoms with Crippen molar-refractivity contribution in [2.45, 2.75) is 39.0 Å². The molecule has 1 amide bonds. The average molecular weight is 218 g/mol. The first-order valence-electron chi connectivity index (χ1n) is 5.21. The summed E-state index contributed by atoms with van der Waals surface area (Å²) in [6, 6.07) is 0. The molecule has 2 N–H and O–H groups in total. The van der Waals surface area contributed by atoms with Crippen LogP contribution in [0, 0.1) is 5.92 Å². The lowest BCUT2D eigenvalue weighted by Crippen LogP contribution is -2.47. The van der Waals surface area contributed by atoms with Crippen molar-refractivity contribution < 1.29 is 13.9 Å². The monoisotopic (exact) mass is 218 g/mol. The van der Waals surface area contributed by atoms with Gasteiger partial charge in [-0.15, -0.1) is 0 Å². The summed E-state index contributed by atoms with van der Waals surface area (Å²) in [5.41, 5.74) is -0.520. The molecule has 0 aliphatic carbocycles. The first kappa shape index (κ1) is 12.2. The van der Waals surface area contributed by atoms with Crippen LogP contribution in [0.4, 0.5) is 9.18 Å². The van der Waals surface area contributed by atoms with E-state index in [-0.39, 0.29) is 12.1 Å². The lowest BCUT2D eigenvalue weighted by molar-refractivity contribution is 0.0482. The number of alkyl carbamates (subject to hydrolysis) is 1. The number of halogens is 1. The van der Waals surface area contributed by atoms with Gasteiger partial charge in [-0.05, 0) is 33.7 Å². The van der Waals surface area contributed by atoms with Crippen LogP contribution >= 0.6 is 0 Å². The Labute approximate surface area is 89.6 Å². The first-order valence-corrected chi connectivity index (χ1v) is 5.21. The van der Waals surface area contributed by atoms with Gasteiger partial charge in [-0.2, -0.15) is 0 Å². The molecule has 0 aromatic carbocycles. The van der Waals surface area contributed by atoms with Crippen molar-refractivity contribution in [3.05, 3.63) is 0 Å². The first-order chi connectivity index (χ1) is 6.92. The fourth-order valence-electron chi connectivity index (χ4n) is 1.53. The molecule has 0 radical (unpaired) electrons. The Morgan fingerprint density at radius 2 is 2.27 bits per heavy atom. The number of rotatable bonds is 2. The van der Waals surface area contributed by atoms with E-state index in [1.165, 1.54) is 0 Å². The van der Waals surface area contributed by atoms with Gasteiger partial charge >= 0.3 is 6.09 Å². The zero-order valence-corrected chi connectivity index (χ0v) is 9.47. The van der Waals surface area contributed by atoms with Gasteiger partial charge in [0.05, 0.1) is 12.8 Å². The third kappa shape index (κ3) is 4.03. The summed E-state index contributed by atoms with van der Waals surface area (Å²) >= 11 is 0. The molecule has 0 saturated carbocycles. The maximum atomic E-state index is 12.5. The second-order valence-electron chi connectivity index (χ2n) is 4.78. The number of amides is 1. The highest BCUT2D eigenvalue weighted by Crippen LogP contribution is 2.15. The zero-order valence-electron chi connectivity index (χ0n) is 9.47. The fraction of sp³-hybridized carbons (Fsp3) is 0.900. The maximum Gasteiger partial charge on any atom is 0.408 e. The van der Waals surface area contributed by atoms with Crippen molar-refractivity contribution in [3.8, 4) is 0 Å². The standard InChI is InChI=1S/C10H19FN2O2/c1-10(2,3)15-9(14)13-8-7(6-11)4-5-12-8/h7-8,12H,4-6H2,1-3H3,(H,13,14)/t7-,8-/m0/s1. The molecule has 1 rings (SSSR count). The van der Waals surface area contributed by atoms with Crippen molar-refractivity contribution >= 4 is 6.09 Å². The highest BCUT2D eigenvalue weighted by molar-refractivity contribution is 5.68. The summed E-state index contributed by atoms with van der Waals surface area (Å²) in [6.45, 7) is 5.69. The normalized spacial score (nSPS) is 26.4. The minimum Gasteiger partial charge on any atom is -0.444 e. The van der Waals surface area contributed by atoms with E-state index in [4.69, 9.17) is 4.74 Å². The van der Waals surface area contributed by atoms with Gasteiger partial charge in [-0.25, -0.2) is 4.79 Å². The molecule has 1 saturated heterocycles. The molecule has 1 aliphatic heterocycles. The molecule has 4 nitrogen and oxygen atoms in total. The molecule has 2 atom stereocenters. The number of ether oxygens (including phenoxy) is 1. The Morgan fingerprint density at radius 3 is 2.80 bits per heavy atom. The van der Waals surface area contributed by atoms with Crippen molar-refractivity contribution in [2.24, 2.45) is 5.92 Å². The van der Waals surface area contributed by atoms with Crippen LogP contribution in [0.2, 0.25) is 0 Å². The molecule has 15 heavy (non-hydrogen) atoms. The highest BCUT2D eigenvalue weighted by atomic mass is 19.1. The van der Waals surface area contributed by atoms with Crippen LogP contribution in [-0.2, 0) is 4.74 Å². The summed E-state index contributed by atoms with van der Waals surface area (Å²) in [5, 5.41) is 5.65. The molecular weight excluding hydrogens is 199 g/mol.